The largest absolute Gasteiger partial charge is 0.399 e. The molecule has 0 unspecified atom stereocenters. The van der Waals surface area contributed by atoms with Crippen LogP contribution in [0.15, 0.2) is 23.1 Å². The van der Waals surface area contributed by atoms with E-state index in [1.165, 1.54) is 10.5 Å². The van der Waals surface area contributed by atoms with E-state index in [-0.39, 0.29) is 0 Å². The summed E-state index contributed by atoms with van der Waals surface area (Å²) in [7, 11) is 1.71. The summed E-state index contributed by atoms with van der Waals surface area (Å²) in [5.41, 5.74) is 7.76. The van der Waals surface area contributed by atoms with Gasteiger partial charge in [0.2, 0.25) is 0 Å². The highest BCUT2D eigenvalue weighted by molar-refractivity contribution is 7.99. The zero-order chi connectivity index (χ0) is 9.68. The van der Waals surface area contributed by atoms with Crippen molar-refractivity contribution in [1.82, 2.24) is 0 Å². The molecule has 1 rings (SSSR count). The lowest BCUT2D eigenvalue weighted by Gasteiger charge is -2.03. The Balaban J connectivity index is 2.56. The summed E-state index contributed by atoms with van der Waals surface area (Å²) < 4.78 is 4.97. The number of nitrogens with two attached hydrogens (primary N) is 1. The molecule has 0 aliphatic rings. The summed E-state index contributed by atoms with van der Waals surface area (Å²) in [6.45, 7) is 2.83. The fourth-order valence-corrected chi connectivity index (χ4v) is 2.08. The van der Waals surface area contributed by atoms with Crippen molar-refractivity contribution in [2.24, 2.45) is 0 Å². The Morgan fingerprint density at radius 3 is 2.77 bits per heavy atom. The van der Waals surface area contributed by atoms with Gasteiger partial charge in [0.1, 0.15) is 0 Å². The number of hydrogen-bond acceptors (Lipinski definition) is 3. The SMILES string of the molecule is COCCSc1cc(C)cc(N)c1. The molecule has 0 saturated carbocycles. The van der Waals surface area contributed by atoms with Crippen LogP contribution in [0.1, 0.15) is 5.56 Å². The van der Waals surface area contributed by atoms with Gasteiger partial charge in [-0.1, -0.05) is 0 Å². The van der Waals surface area contributed by atoms with Crippen LogP contribution in [-0.2, 0) is 4.74 Å². The average molecular weight is 197 g/mol. The van der Waals surface area contributed by atoms with Crippen LogP contribution in [0.2, 0.25) is 0 Å². The van der Waals surface area contributed by atoms with Crippen LogP contribution in [0, 0.1) is 6.92 Å². The van der Waals surface area contributed by atoms with Crippen molar-refractivity contribution in [1.29, 1.82) is 0 Å². The molecule has 3 heteroatoms. The lowest BCUT2D eigenvalue weighted by Crippen LogP contribution is -1.92. The Morgan fingerprint density at radius 1 is 1.38 bits per heavy atom. The Bertz CT molecular complexity index is 255. The van der Waals surface area contributed by atoms with Crippen molar-refractivity contribution in [3.8, 4) is 0 Å². The zero-order valence-corrected chi connectivity index (χ0v) is 8.86. The molecule has 0 heterocycles. The van der Waals surface area contributed by atoms with Gasteiger partial charge in [0, 0.05) is 23.4 Å². The van der Waals surface area contributed by atoms with E-state index in [0.717, 1.165) is 18.0 Å². The summed E-state index contributed by atoms with van der Waals surface area (Å²) in [5.74, 6) is 0.972. The number of methoxy groups -OCH3 is 1. The maximum absolute atomic E-state index is 5.72. The molecule has 0 aliphatic heterocycles. The Hall–Kier alpha value is -0.670. The predicted molar refractivity (Wildman–Crippen MR) is 58.2 cm³/mol. The van der Waals surface area contributed by atoms with Gasteiger partial charge in [-0.3, -0.25) is 0 Å². The second kappa shape index (κ2) is 5.14. The second-order valence-electron chi connectivity index (χ2n) is 2.92. The quantitative estimate of drug-likeness (QED) is 0.457. The third-order valence-electron chi connectivity index (χ3n) is 1.63. The van der Waals surface area contributed by atoms with Crippen molar-refractivity contribution in [3.05, 3.63) is 23.8 Å². The molecule has 2 N–H and O–H groups in total. The van der Waals surface area contributed by atoms with Gasteiger partial charge in [0.25, 0.3) is 0 Å². The first kappa shape index (κ1) is 10.4. The van der Waals surface area contributed by atoms with E-state index in [2.05, 4.69) is 13.0 Å². The normalized spacial score (nSPS) is 10.3. The molecule has 2 nitrogen and oxygen atoms in total. The van der Waals surface area contributed by atoms with E-state index < -0.39 is 0 Å². The van der Waals surface area contributed by atoms with Gasteiger partial charge in [0.05, 0.1) is 6.61 Å². The molecule has 0 amide bonds. The number of anilines is 1. The summed E-state index contributed by atoms with van der Waals surface area (Å²) in [5, 5.41) is 0. The molecule has 0 spiro atoms. The second-order valence-corrected chi connectivity index (χ2v) is 4.09. The molecular weight excluding hydrogens is 182 g/mol. The summed E-state index contributed by atoms with van der Waals surface area (Å²) in [4.78, 5) is 1.22. The van der Waals surface area contributed by atoms with Crippen LogP contribution in [0.3, 0.4) is 0 Å². The van der Waals surface area contributed by atoms with Gasteiger partial charge in [-0.05, 0) is 30.7 Å². The first-order chi connectivity index (χ1) is 6.22. The molecule has 1 aromatic carbocycles. The topological polar surface area (TPSA) is 35.2 Å². The van der Waals surface area contributed by atoms with Crippen LogP contribution in [0.25, 0.3) is 0 Å². The monoisotopic (exact) mass is 197 g/mol. The van der Waals surface area contributed by atoms with Gasteiger partial charge in [-0.2, -0.15) is 0 Å². The highest BCUT2D eigenvalue weighted by atomic mass is 32.2. The van der Waals surface area contributed by atoms with Gasteiger partial charge in [-0.25, -0.2) is 0 Å². The third kappa shape index (κ3) is 3.70. The zero-order valence-electron chi connectivity index (χ0n) is 8.04. The number of benzene rings is 1. The van der Waals surface area contributed by atoms with Crippen LogP contribution < -0.4 is 5.73 Å². The first-order valence-corrected chi connectivity index (χ1v) is 5.20. The molecule has 13 heavy (non-hydrogen) atoms. The summed E-state index contributed by atoms with van der Waals surface area (Å²) in [6.07, 6.45) is 0. The van der Waals surface area contributed by atoms with Gasteiger partial charge in [-0.15, -0.1) is 11.8 Å². The number of nitrogen functional groups attached to an aromatic ring is 1. The summed E-state index contributed by atoms with van der Waals surface area (Å²) in [6, 6.07) is 6.10. The van der Waals surface area contributed by atoms with Crippen molar-refractivity contribution >= 4 is 17.4 Å². The number of hydrogen-bond donors (Lipinski definition) is 1. The first-order valence-electron chi connectivity index (χ1n) is 4.21. The number of aryl methyl sites for hydroxylation is 1. The third-order valence-corrected chi connectivity index (χ3v) is 2.57. The molecule has 0 aromatic heterocycles. The van der Waals surface area contributed by atoms with Crippen molar-refractivity contribution in [2.75, 3.05) is 25.2 Å². The van der Waals surface area contributed by atoms with Gasteiger partial charge < -0.3 is 10.5 Å². The van der Waals surface area contributed by atoms with E-state index in [1.807, 2.05) is 12.1 Å². The maximum Gasteiger partial charge on any atom is 0.0556 e. The van der Waals surface area contributed by atoms with Crippen LogP contribution in [0.5, 0.6) is 0 Å². The molecule has 0 saturated heterocycles. The lowest BCUT2D eigenvalue weighted by molar-refractivity contribution is 0.218. The maximum atomic E-state index is 5.72. The minimum atomic E-state index is 0.776. The molecular formula is C10H15NOS. The van der Waals surface area contributed by atoms with E-state index in [4.69, 9.17) is 10.5 Å². The fraction of sp³-hybridized carbons (Fsp3) is 0.400. The Kier molecular flexibility index (Phi) is 4.12. The number of thioether (sulfide) groups is 1. The van der Waals surface area contributed by atoms with Crippen molar-refractivity contribution in [3.63, 3.8) is 0 Å². The fourth-order valence-electron chi connectivity index (χ4n) is 1.10. The average Bonchev–Trinajstić information content (AvgIpc) is 2.03. The van der Waals surface area contributed by atoms with E-state index >= 15 is 0 Å². The smallest absolute Gasteiger partial charge is 0.0556 e. The molecule has 72 valence electrons. The Labute approximate surface area is 83.5 Å². The van der Waals surface area contributed by atoms with Crippen molar-refractivity contribution in [2.45, 2.75) is 11.8 Å². The molecule has 0 radical (unpaired) electrons. The molecule has 0 atom stereocenters. The minimum absolute atomic E-state index is 0.776. The highest BCUT2D eigenvalue weighted by Gasteiger charge is 1.96. The minimum Gasteiger partial charge on any atom is -0.399 e. The number of ether oxygens (including phenoxy) is 1. The predicted octanol–water partition coefficient (Wildman–Crippen LogP) is 2.32. The standard InChI is InChI=1S/C10H15NOS/c1-8-5-9(11)7-10(6-8)13-4-3-12-2/h5-7H,3-4,11H2,1-2H3. The van der Waals surface area contributed by atoms with Gasteiger partial charge in [0.15, 0.2) is 0 Å². The number of rotatable bonds is 4. The molecule has 0 fully saturated rings. The lowest BCUT2D eigenvalue weighted by atomic mass is 10.2. The van der Waals surface area contributed by atoms with E-state index in [1.54, 1.807) is 18.9 Å². The van der Waals surface area contributed by atoms with E-state index in [9.17, 15) is 0 Å². The van der Waals surface area contributed by atoms with Crippen molar-refractivity contribution < 1.29 is 4.74 Å². The molecule has 1 aromatic rings. The molecule has 0 bridgehead atoms. The molecule has 0 aliphatic carbocycles. The highest BCUT2D eigenvalue weighted by Crippen LogP contribution is 2.21. The van der Waals surface area contributed by atoms with Crippen LogP contribution in [0.4, 0.5) is 5.69 Å². The summed E-state index contributed by atoms with van der Waals surface area (Å²) >= 11 is 1.77. The van der Waals surface area contributed by atoms with Crippen LogP contribution >= 0.6 is 11.8 Å². The van der Waals surface area contributed by atoms with Crippen LogP contribution in [-0.4, -0.2) is 19.5 Å². The van der Waals surface area contributed by atoms with E-state index in [0.29, 0.717) is 0 Å². The van der Waals surface area contributed by atoms with Gasteiger partial charge >= 0.3 is 0 Å². The Morgan fingerprint density at radius 2 is 2.15 bits per heavy atom.